The molecular weight excluding hydrogens is 427 g/mol. The van der Waals surface area contributed by atoms with Crippen molar-refractivity contribution in [3.63, 3.8) is 0 Å². The van der Waals surface area contributed by atoms with Crippen LogP contribution in [0.1, 0.15) is 63.4 Å². The van der Waals surface area contributed by atoms with Crippen molar-refractivity contribution in [3.05, 3.63) is 34.9 Å². The van der Waals surface area contributed by atoms with E-state index in [2.05, 4.69) is 35.9 Å². The van der Waals surface area contributed by atoms with Gasteiger partial charge >= 0.3 is 0 Å². The van der Waals surface area contributed by atoms with Crippen LogP contribution < -0.4 is 0 Å². The first-order valence-electron chi connectivity index (χ1n) is 10.9. The van der Waals surface area contributed by atoms with Gasteiger partial charge in [0.25, 0.3) is 0 Å². The van der Waals surface area contributed by atoms with Crippen molar-refractivity contribution in [2.75, 3.05) is 39.8 Å². The highest BCUT2D eigenvalue weighted by Gasteiger charge is 2.46. The minimum Gasteiger partial charge on any atom is -0.389 e. The van der Waals surface area contributed by atoms with Gasteiger partial charge in [-0.25, -0.2) is 0 Å². The molecule has 1 heterocycles. The van der Waals surface area contributed by atoms with Crippen LogP contribution in [-0.4, -0.2) is 60.3 Å². The van der Waals surface area contributed by atoms with Crippen LogP contribution in [0.15, 0.2) is 24.3 Å². The van der Waals surface area contributed by atoms with Crippen LogP contribution >= 0.6 is 36.4 Å². The van der Waals surface area contributed by atoms with Crippen LogP contribution in [-0.2, 0) is 0 Å². The second-order valence-corrected chi connectivity index (χ2v) is 9.22. The second kappa shape index (κ2) is 12.7. The first-order chi connectivity index (χ1) is 13.0. The standard InChI is InChI=1S/C23H37ClN2O.2ClH/c1-3-4-9-20-10-5-6-12-23(20,27)22(19-8-7-11-21(24)17-19)18-26-15-13-25(2)14-16-26;;/h7-8,11,17,20,22,27H,3-6,9-10,12-16,18H2,1-2H3;2*1H. The second-order valence-electron chi connectivity index (χ2n) is 8.79. The molecule has 3 atom stereocenters. The Morgan fingerprint density at radius 3 is 2.55 bits per heavy atom. The zero-order valence-electron chi connectivity index (χ0n) is 18.0. The van der Waals surface area contributed by atoms with E-state index in [1.165, 1.54) is 24.8 Å². The lowest BCUT2D eigenvalue weighted by atomic mass is 9.65. The van der Waals surface area contributed by atoms with Gasteiger partial charge in [0.05, 0.1) is 5.60 Å². The molecule has 168 valence electrons. The topological polar surface area (TPSA) is 26.7 Å². The lowest BCUT2D eigenvalue weighted by Crippen LogP contribution is -2.52. The molecule has 2 aliphatic rings. The van der Waals surface area contributed by atoms with Crippen LogP contribution in [0.25, 0.3) is 0 Å². The molecule has 0 radical (unpaired) electrons. The number of likely N-dealkylation sites (N-methyl/N-ethyl adjacent to an activating group) is 1. The molecule has 0 amide bonds. The highest BCUT2D eigenvalue weighted by atomic mass is 35.5. The van der Waals surface area contributed by atoms with Gasteiger partial charge in [-0.3, -0.25) is 0 Å². The molecule has 2 fully saturated rings. The highest BCUT2D eigenvalue weighted by Crippen LogP contribution is 2.46. The van der Waals surface area contributed by atoms with E-state index < -0.39 is 5.60 Å². The van der Waals surface area contributed by atoms with Gasteiger partial charge in [0.2, 0.25) is 0 Å². The number of halogens is 3. The molecule has 1 aromatic rings. The number of benzene rings is 1. The van der Waals surface area contributed by atoms with Gasteiger partial charge in [0.1, 0.15) is 0 Å². The summed E-state index contributed by atoms with van der Waals surface area (Å²) in [6, 6.07) is 8.25. The van der Waals surface area contributed by atoms with Gasteiger partial charge in [0.15, 0.2) is 0 Å². The van der Waals surface area contributed by atoms with Crippen molar-refractivity contribution in [1.82, 2.24) is 9.80 Å². The van der Waals surface area contributed by atoms with E-state index in [1.807, 2.05) is 12.1 Å². The molecule has 3 nitrogen and oxygen atoms in total. The molecule has 3 rings (SSSR count). The van der Waals surface area contributed by atoms with Crippen molar-refractivity contribution in [2.24, 2.45) is 5.92 Å². The molecule has 1 saturated carbocycles. The molecule has 1 saturated heterocycles. The van der Waals surface area contributed by atoms with E-state index in [9.17, 15) is 5.11 Å². The van der Waals surface area contributed by atoms with Crippen molar-refractivity contribution >= 4 is 36.4 Å². The Morgan fingerprint density at radius 1 is 1.17 bits per heavy atom. The van der Waals surface area contributed by atoms with Gasteiger partial charge in [-0.1, -0.05) is 56.3 Å². The molecule has 1 aliphatic heterocycles. The third-order valence-electron chi connectivity index (χ3n) is 6.88. The van der Waals surface area contributed by atoms with Crippen molar-refractivity contribution < 1.29 is 5.11 Å². The fourth-order valence-electron chi connectivity index (χ4n) is 5.12. The van der Waals surface area contributed by atoms with Gasteiger partial charge in [0, 0.05) is 43.7 Å². The Kier molecular flexibility index (Phi) is 11.9. The predicted molar refractivity (Wildman–Crippen MR) is 129 cm³/mol. The van der Waals surface area contributed by atoms with E-state index in [4.69, 9.17) is 11.6 Å². The fourth-order valence-corrected chi connectivity index (χ4v) is 5.32. The Balaban J connectivity index is 0.00000210. The molecule has 3 unspecified atom stereocenters. The smallest absolute Gasteiger partial charge is 0.0756 e. The maximum Gasteiger partial charge on any atom is 0.0756 e. The van der Waals surface area contributed by atoms with Gasteiger partial charge in [-0.15, -0.1) is 24.8 Å². The van der Waals surface area contributed by atoms with E-state index in [1.54, 1.807) is 0 Å². The summed E-state index contributed by atoms with van der Waals surface area (Å²) < 4.78 is 0. The van der Waals surface area contributed by atoms with E-state index in [0.717, 1.165) is 63.4 Å². The van der Waals surface area contributed by atoms with E-state index >= 15 is 0 Å². The van der Waals surface area contributed by atoms with Crippen LogP contribution in [0.2, 0.25) is 5.02 Å². The van der Waals surface area contributed by atoms with Gasteiger partial charge < -0.3 is 14.9 Å². The molecular formula is C23H39Cl3N2O. The summed E-state index contributed by atoms with van der Waals surface area (Å²) in [6.45, 7) is 7.58. The molecule has 1 aromatic carbocycles. The van der Waals surface area contributed by atoms with Crippen LogP contribution in [0.3, 0.4) is 0 Å². The van der Waals surface area contributed by atoms with Crippen molar-refractivity contribution in [1.29, 1.82) is 0 Å². The summed E-state index contributed by atoms with van der Waals surface area (Å²) in [7, 11) is 2.20. The molecule has 1 N–H and O–H groups in total. The van der Waals surface area contributed by atoms with Crippen molar-refractivity contribution in [3.8, 4) is 0 Å². The molecule has 29 heavy (non-hydrogen) atoms. The summed E-state index contributed by atoms with van der Waals surface area (Å²) >= 11 is 6.35. The highest BCUT2D eigenvalue weighted by molar-refractivity contribution is 6.30. The number of rotatable bonds is 7. The number of aliphatic hydroxyl groups is 1. The molecule has 1 aliphatic carbocycles. The Bertz CT molecular complexity index is 595. The van der Waals surface area contributed by atoms with E-state index in [-0.39, 0.29) is 30.7 Å². The SMILES string of the molecule is CCCCC1CCCCC1(O)C(CN1CCN(C)CC1)c1cccc(Cl)c1.Cl.Cl. The fraction of sp³-hybridized carbons (Fsp3) is 0.739. The maximum atomic E-state index is 12.1. The molecule has 0 spiro atoms. The number of hydrogen-bond acceptors (Lipinski definition) is 3. The minimum atomic E-state index is -0.610. The number of unbranched alkanes of at least 4 members (excludes halogenated alkanes) is 1. The predicted octanol–water partition coefficient (Wildman–Crippen LogP) is 5.63. The summed E-state index contributed by atoms with van der Waals surface area (Å²) in [4.78, 5) is 4.94. The quantitative estimate of drug-likeness (QED) is 0.565. The monoisotopic (exact) mass is 464 g/mol. The maximum absolute atomic E-state index is 12.1. The first kappa shape index (κ1) is 27.0. The molecule has 0 bridgehead atoms. The Labute approximate surface area is 195 Å². The average Bonchev–Trinajstić information content (AvgIpc) is 2.67. The van der Waals surface area contributed by atoms with Crippen LogP contribution in [0.5, 0.6) is 0 Å². The molecule has 6 heteroatoms. The van der Waals surface area contributed by atoms with Crippen LogP contribution in [0.4, 0.5) is 0 Å². The lowest BCUT2D eigenvalue weighted by molar-refractivity contribution is -0.0819. The van der Waals surface area contributed by atoms with Crippen molar-refractivity contribution in [2.45, 2.75) is 63.4 Å². The van der Waals surface area contributed by atoms with E-state index in [0.29, 0.717) is 5.92 Å². The average molecular weight is 466 g/mol. The number of piperazine rings is 1. The largest absolute Gasteiger partial charge is 0.389 e. The first-order valence-corrected chi connectivity index (χ1v) is 11.3. The Hall–Kier alpha value is -0.0300. The van der Waals surface area contributed by atoms with Crippen LogP contribution in [0, 0.1) is 5.92 Å². The summed E-state index contributed by atoms with van der Waals surface area (Å²) in [5.74, 6) is 0.546. The summed E-state index contributed by atoms with van der Waals surface area (Å²) in [6.07, 6.45) is 8.04. The summed E-state index contributed by atoms with van der Waals surface area (Å²) in [5.41, 5.74) is 0.605. The summed E-state index contributed by atoms with van der Waals surface area (Å²) in [5, 5.41) is 12.8. The third-order valence-corrected chi connectivity index (χ3v) is 7.12. The zero-order chi connectivity index (χ0) is 19.3. The Morgan fingerprint density at radius 2 is 1.90 bits per heavy atom. The third kappa shape index (κ3) is 6.98. The zero-order valence-corrected chi connectivity index (χ0v) is 20.4. The normalized spacial score (nSPS) is 27.0. The van der Waals surface area contributed by atoms with Gasteiger partial charge in [-0.2, -0.15) is 0 Å². The number of hydrogen-bond donors (Lipinski definition) is 1. The van der Waals surface area contributed by atoms with Gasteiger partial charge in [-0.05, 0) is 49.9 Å². The minimum absolute atomic E-state index is 0. The lowest BCUT2D eigenvalue weighted by Gasteiger charge is -2.48. The number of nitrogens with zero attached hydrogens (tertiary/aromatic N) is 2. The molecule has 0 aromatic heterocycles.